The Labute approximate surface area is 151 Å². The number of ether oxygens (including phenoxy) is 2. The molecule has 1 aromatic carbocycles. The summed E-state index contributed by atoms with van der Waals surface area (Å²) < 4.78 is 13.3. The largest absolute Gasteiger partial charge is 0.493 e. The van der Waals surface area contributed by atoms with Crippen molar-refractivity contribution in [3.8, 4) is 11.5 Å². The maximum Gasteiger partial charge on any atom is 0.161 e. The molecule has 0 saturated heterocycles. The van der Waals surface area contributed by atoms with Gasteiger partial charge in [0.25, 0.3) is 0 Å². The molecule has 0 radical (unpaired) electrons. The molecule has 5 nitrogen and oxygen atoms in total. The summed E-state index contributed by atoms with van der Waals surface area (Å²) in [5.41, 5.74) is 2.32. The lowest BCUT2D eigenvalue weighted by Gasteiger charge is -2.13. The highest BCUT2D eigenvalue weighted by Crippen LogP contribution is 2.28. The van der Waals surface area contributed by atoms with Gasteiger partial charge in [0.15, 0.2) is 11.5 Å². The maximum absolute atomic E-state index is 5.80. The summed E-state index contributed by atoms with van der Waals surface area (Å²) in [6, 6.07) is 8.14. The van der Waals surface area contributed by atoms with Crippen LogP contribution in [0.25, 0.3) is 0 Å². The van der Waals surface area contributed by atoms with Crippen LogP contribution in [0.4, 0.5) is 5.82 Å². The summed E-state index contributed by atoms with van der Waals surface area (Å²) in [7, 11) is 1.67. The monoisotopic (exact) mass is 345 g/mol. The van der Waals surface area contributed by atoms with Crippen molar-refractivity contribution in [3.63, 3.8) is 0 Å². The number of rotatable bonds is 10. The van der Waals surface area contributed by atoms with Crippen molar-refractivity contribution in [2.75, 3.05) is 19.0 Å². The molecular weight excluding hydrogens is 314 g/mol. The predicted octanol–water partition coefficient (Wildman–Crippen LogP) is 4.65. The van der Waals surface area contributed by atoms with E-state index in [9.17, 15) is 0 Å². The molecule has 2 rings (SSSR count). The second kappa shape index (κ2) is 9.35. The average Bonchev–Trinajstić information content (AvgIpc) is 2.96. The Hall–Kier alpha value is -2.17. The van der Waals surface area contributed by atoms with Gasteiger partial charge in [-0.2, -0.15) is 5.10 Å². The van der Waals surface area contributed by atoms with E-state index in [0.717, 1.165) is 35.8 Å². The number of hydrogen-bond donors (Lipinski definition) is 1. The number of nitrogens with zero attached hydrogens (tertiary/aromatic N) is 2. The normalized spacial score (nSPS) is 11.0. The fourth-order valence-corrected chi connectivity index (χ4v) is 2.52. The molecule has 5 heteroatoms. The molecular formula is C20H31N3O2. The highest BCUT2D eigenvalue weighted by Gasteiger charge is 2.08. The van der Waals surface area contributed by atoms with Gasteiger partial charge in [-0.05, 0) is 37.0 Å². The number of nitrogens with one attached hydrogen (secondary N) is 1. The van der Waals surface area contributed by atoms with Crippen molar-refractivity contribution in [2.45, 2.75) is 53.6 Å². The first-order valence-corrected chi connectivity index (χ1v) is 9.11. The summed E-state index contributed by atoms with van der Waals surface area (Å²) in [6.45, 7) is 10.9. The molecule has 0 fully saturated rings. The van der Waals surface area contributed by atoms with Crippen LogP contribution in [-0.4, -0.2) is 23.5 Å². The van der Waals surface area contributed by atoms with Crippen molar-refractivity contribution < 1.29 is 9.47 Å². The number of hydrogen-bond acceptors (Lipinski definition) is 4. The Morgan fingerprint density at radius 3 is 2.68 bits per heavy atom. The lowest BCUT2D eigenvalue weighted by atomic mass is 10.2. The van der Waals surface area contributed by atoms with Gasteiger partial charge in [0.1, 0.15) is 5.82 Å². The molecule has 0 aliphatic carbocycles. The smallest absolute Gasteiger partial charge is 0.161 e. The minimum absolute atomic E-state index is 0.483. The zero-order valence-electron chi connectivity index (χ0n) is 16.1. The SMILES string of the molecule is CCCCn1nc(NCc2ccc(OCC(C)C)c(OC)c2)cc1C. The van der Waals surface area contributed by atoms with E-state index in [2.05, 4.69) is 54.9 Å². The Kier molecular flexibility index (Phi) is 7.16. The summed E-state index contributed by atoms with van der Waals surface area (Å²) in [5, 5.41) is 8.01. The molecule has 0 spiro atoms. The Morgan fingerprint density at radius 1 is 1.20 bits per heavy atom. The molecule has 138 valence electrons. The second-order valence-corrected chi connectivity index (χ2v) is 6.79. The number of anilines is 1. The van der Waals surface area contributed by atoms with Gasteiger partial charge < -0.3 is 14.8 Å². The predicted molar refractivity (Wildman–Crippen MR) is 103 cm³/mol. The van der Waals surface area contributed by atoms with Gasteiger partial charge in [0, 0.05) is 24.8 Å². The first-order chi connectivity index (χ1) is 12.0. The zero-order valence-corrected chi connectivity index (χ0v) is 16.1. The molecule has 1 aromatic heterocycles. The van der Waals surface area contributed by atoms with Gasteiger partial charge in [-0.25, -0.2) is 0 Å². The van der Waals surface area contributed by atoms with Crippen molar-refractivity contribution >= 4 is 5.82 Å². The van der Waals surface area contributed by atoms with Gasteiger partial charge in [0.2, 0.25) is 0 Å². The molecule has 0 aliphatic rings. The van der Waals surface area contributed by atoms with Crippen LogP contribution >= 0.6 is 0 Å². The third-order valence-electron chi connectivity index (χ3n) is 3.98. The molecule has 0 amide bonds. The van der Waals surface area contributed by atoms with Gasteiger partial charge in [-0.3, -0.25) is 4.68 Å². The van der Waals surface area contributed by atoms with Crippen LogP contribution in [0.1, 0.15) is 44.9 Å². The highest BCUT2D eigenvalue weighted by molar-refractivity contribution is 5.44. The summed E-state index contributed by atoms with van der Waals surface area (Å²) in [6.07, 6.45) is 2.32. The third-order valence-corrected chi connectivity index (χ3v) is 3.98. The second-order valence-electron chi connectivity index (χ2n) is 6.79. The van der Waals surface area contributed by atoms with E-state index >= 15 is 0 Å². The van der Waals surface area contributed by atoms with Crippen molar-refractivity contribution in [1.82, 2.24) is 9.78 Å². The minimum atomic E-state index is 0.483. The minimum Gasteiger partial charge on any atom is -0.493 e. The third kappa shape index (κ3) is 5.69. The van der Waals surface area contributed by atoms with E-state index in [1.54, 1.807) is 7.11 Å². The van der Waals surface area contributed by atoms with Crippen LogP contribution in [0.3, 0.4) is 0 Å². The Bertz CT molecular complexity index is 665. The molecule has 2 aromatic rings. The van der Waals surface area contributed by atoms with E-state index in [1.165, 1.54) is 12.1 Å². The van der Waals surface area contributed by atoms with Gasteiger partial charge in [-0.15, -0.1) is 0 Å². The molecule has 25 heavy (non-hydrogen) atoms. The number of aromatic nitrogens is 2. The standard InChI is InChI=1S/C20H31N3O2/c1-6-7-10-23-16(4)11-20(22-23)21-13-17-8-9-18(19(12-17)24-5)25-14-15(2)3/h8-9,11-12,15H,6-7,10,13-14H2,1-5H3,(H,21,22). The van der Waals surface area contributed by atoms with Crippen molar-refractivity contribution in [3.05, 3.63) is 35.5 Å². The van der Waals surface area contributed by atoms with Gasteiger partial charge in [-0.1, -0.05) is 33.3 Å². The van der Waals surface area contributed by atoms with Crippen molar-refractivity contribution in [2.24, 2.45) is 5.92 Å². The fourth-order valence-electron chi connectivity index (χ4n) is 2.52. The zero-order chi connectivity index (χ0) is 18.2. The van der Waals surface area contributed by atoms with Crippen LogP contribution in [0.2, 0.25) is 0 Å². The number of aryl methyl sites for hydroxylation is 2. The molecule has 1 heterocycles. The molecule has 0 bridgehead atoms. The summed E-state index contributed by atoms with van der Waals surface area (Å²) in [5.74, 6) is 2.95. The molecule has 1 N–H and O–H groups in total. The van der Waals surface area contributed by atoms with E-state index in [-0.39, 0.29) is 0 Å². The van der Waals surface area contributed by atoms with Crippen LogP contribution in [-0.2, 0) is 13.1 Å². The van der Waals surface area contributed by atoms with Crippen molar-refractivity contribution in [1.29, 1.82) is 0 Å². The fraction of sp³-hybridized carbons (Fsp3) is 0.550. The number of unbranched alkanes of at least 4 members (excludes halogenated alkanes) is 1. The number of methoxy groups -OCH3 is 1. The first kappa shape index (κ1) is 19.2. The van der Waals surface area contributed by atoms with E-state index in [4.69, 9.17) is 9.47 Å². The number of benzene rings is 1. The van der Waals surface area contributed by atoms with Crippen LogP contribution in [0.15, 0.2) is 24.3 Å². The first-order valence-electron chi connectivity index (χ1n) is 9.11. The summed E-state index contributed by atoms with van der Waals surface area (Å²) in [4.78, 5) is 0. The molecule has 0 saturated carbocycles. The average molecular weight is 345 g/mol. The molecule has 0 atom stereocenters. The van der Waals surface area contributed by atoms with Crippen LogP contribution in [0, 0.1) is 12.8 Å². The van der Waals surface area contributed by atoms with Crippen LogP contribution < -0.4 is 14.8 Å². The van der Waals surface area contributed by atoms with Gasteiger partial charge in [0.05, 0.1) is 13.7 Å². The van der Waals surface area contributed by atoms with E-state index < -0.39 is 0 Å². The quantitative estimate of drug-likeness (QED) is 0.681. The summed E-state index contributed by atoms with van der Waals surface area (Å²) >= 11 is 0. The lowest BCUT2D eigenvalue weighted by Crippen LogP contribution is -2.06. The van der Waals surface area contributed by atoms with E-state index in [1.807, 2.05) is 12.1 Å². The lowest BCUT2D eigenvalue weighted by molar-refractivity contribution is 0.257. The van der Waals surface area contributed by atoms with Gasteiger partial charge >= 0.3 is 0 Å². The highest BCUT2D eigenvalue weighted by atomic mass is 16.5. The van der Waals surface area contributed by atoms with Crippen LogP contribution in [0.5, 0.6) is 11.5 Å². The Morgan fingerprint density at radius 2 is 2.00 bits per heavy atom. The Balaban J connectivity index is 1.98. The maximum atomic E-state index is 5.80. The van der Waals surface area contributed by atoms with E-state index in [0.29, 0.717) is 19.1 Å². The molecule has 0 unspecified atom stereocenters. The topological polar surface area (TPSA) is 48.3 Å². The molecule has 0 aliphatic heterocycles.